The maximum Gasteiger partial charge on any atom is 0.270 e. The number of carbonyl (C=O) groups is 2. The molecule has 0 atom stereocenters. The summed E-state index contributed by atoms with van der Waals surface area (Å²) in [5, 5.41) is 10.8. The molecule has 1 aromatic carbocycles. The highest BCUT2D eigenvalue weighted by atomic mass is 16.6. The third kappa shape index (κ3) is 5.41. The van der Waals surface area contributed by atoms with Crippen LogP contribution < -0.4 is 0 Å². The van der Waals surface area contributed by atoms with E-state index in [1.165, 1.54) is 43.9 Å². The summed E-state index contributed by atoms with van der Waals surface area (Å²) in [4.78, 5) is 38.7. The minimum absolute atomic E-state index is 0.000621. The Hall–Kier alpha value is -2.70. The van der Waals surface area contributed by atoms with E-state index in [-0.39, 0.29) is 17.5 Å². The number of hydrogen-bond acceptors (Lipinski definition) is 4. The molecule has 2 aliphatic rings. The van der Waals surface area contributed by atoms with Crippen LogP contribution in [0.3, 0.4) is 0 Å². The van der Waals surface area contributed by atoms with E-state index in [1.54, 1.807) is 23.1 Å². The molecular formula is C21H27N3O4. The monoisotopic (exact) mass is 385 g/mol. The molecule has 1 saturated heterocycles. The molecule has 2 amide bonds. The van der Waals surface area contributed by atoms with Crippen molar-refractivity contribution in [1.29, 1.82) is 0 Å². The smallest absolute Gasteiger partial charge is 0.270 e. The van der Waals surface area contributed by atoms with Gasteiger partial charge >= 0.3 is 0 Å². The molecule has 0 bridgehead atoms. The molecule has 0 radical (unpaired) electrons. The maximum atomic E-state index is 12.4. The number of amides is 2. The first kappa shape index (κ1) is 20.0. The molecular weight excluding hydrogens is 358 g/mol. The molecule has 1 aliphatic heterocycles. The van der Waals surface area contributed by atoms with Gasteiger partial charge in [-0.2, -0.15) is 0 Å². The van der Waals surface area contributed by atoms with Gasteiger partial charge in [-0.05, 0) is 24.0 Å². The van der Waals surface area contributed by atoms with Crippen molar-refractivity contribution in [1.82, 2.24) is 9.80 Å². The summed E-state index contributed by atoms with van der Waals surface area (Å²) in [5.74, 6) is 0.779. The van der Waals surface area contributed by atoms with Gasteiger partial charge in [0.25, 0.3) is 5.69 Å². The summed E-state index contributed by atoms with van der Waals surface area (Å²) in [6, 6.07) is 6.17. The summed E-state index contributed by atoms with van der Waals surface area (Å²) >= 11 is 0. The number of nitro groups is 1. The van der Waals surface area contributed by atoms with Crippen LogP contribution in [0.15, 0.2) is 30.3 Å². The zero-order chi connectivity index (χ0) is 19.9. The van der Waals surface area contributed by atoms with Crippen molar-refractivity contribution >= 4 is 23.6 Å². The standard InChI is InChI=1S/C21H27N3O4/c25-20(10-8-17-4-1-2-5-17)22-12-14-23(15-13-22)21(26)11-9-18-6-3-7-19(16-18)24(27)28/h3,6-7,9,11,16-17H,1-2,4-5,8,10,12-15H2/b11-9+. The number of carbonyl (C=O) groups excluding carboxylic acids is 2. The first-order valence-electron chi connectivity index (χ1n) is 10.0. The van der Waals surface area contributed by atoms with Crippen molar-refractivity contribution in [2.75, 3.05) is 26.2 Å². The van der Waals surface area contributed by atoms with Gasteiger partial charge in [-0.25, -0.2) is 0 Å². The summed E-state index contributed by atoms with van der Waals surface area (Å²) in [6.45, 7) is 2.18. The van der Waals surface area contributed by atoms with Gasteiger partial charge in [0.05, 0.1) is 4.92 Å². The van der Waals surface area contributed by atoms with Gasteiger partial charge in [-0.15, -0.1) is 0 Å². The highest BCUT2D eigenvalue weighted by Gasteiger charge is 2.24. The van der Waals surface area contributed by atoms with Crippen molar-refractivity contribution in [3.05, 3.63) is 46.0 Å². The molecule has 7 heteroatoms. The van der Waals surface area contributed by atoms with Crippen LogP contribution in [0.5, 0.6) is 0 Å². The fourth-order valence-electron chi connectivity index (χ4n) is 3.98. The number of non-ortho nitro benzene ring substituents is 1. The van der Waals surface area contributed by atoms with Gasteiger partial charge < -0.3 is 9.80 Å². The van der Waals surface area contributed by atoms with Crippen molar-refractivity contribution in [3.8, 4) is 0 Å². The second-order valence-electron chi connectivity index (χ2n) is 7.58. The maximum absolute atomic E-state index is 12.4. The quantitative estimate of drug-likeness (QED) is 0.427. The van der Waals surface area contributed by atoms with E-state index in [2.05, 4.69) is 0 Å². The van der Waals surface area contributed by atoms with Crippen molar-refractivity contribution in [3.63, 3.8) is 0 Å². The molecule has 2 fully saturated rings. The van der Waals surface area contributed by atoms with Gasteiger partial charge in [0, 0.05) is 50.8 Å². The largest absolute Gasteiger partial charge is 0.339 e. The predicted octanol–water partition coefficient (Wildman–Crippen LogP) is 3.25. The molecule has 1 aromatic rings. The van der Waals surface area contributed by atoms with Crippen LogP contribution in [0.1, 0.15) is 44.1 Å². The lowest BCUT2D eigenvalue weighted by Gasteiger charge is -2.34. The van der Waals surface area contributed by atoms with Crippen molar-refractivity contribution in [2.24, 2.45) is 5.92 Å². The molecule has 28 heavy (non-hydrogen) atoms. The Bertz CT molecular complexity index is 748. The number of nitrogens with zero attached hydrogens (tertiary/aromatic N) is 3. The predicted molar refractivity (Wildman–Crippen MR) is 106 cm³/mol. The fraction of sp³-hybridized carbons (Fsp3) is 0.524. The van der Waals surface area contributed by atoms with Gasteiger partial charge in [0.1, 0.15) is 0 Å². The Balaban J connectivity index is 1.44. The summed E-state index contributed by atoms with van der Waals surface area (Å²) in [6.07, 6.45) is 9.74. The van der Waals surface area contributed by atoms with E-state index < -0.39 is 4.92 Å². The van der Waals surface area contributed by atoms with Crippen LogP contribution in [0.2, 0.25) is 0 Å². The second kappa shape index (κ2) is 9.48. The normalized spacial score (nSPS) is 18.0. The molecule has 1 saturated carbocycles. The third-order valence-corrected chi connectivity index (χ3v) is 5.68. The zero-order valence-electron chi connectivity index (χ0n) is 16.1. The number of nitro benzene ring substituents is 1. The van der Waals surface area contributed by atoms with Gasteiger partial charge in [-0.3, -0.25) is 19.7 Å². The molecule has 150 valence electrons. The van der Waals surface area contributed by atoms with Gasteiger partial charge in [-0.1, -0.05) is 37.8 Å². The van der Waals surface area contributed by atoms with E-state index in [0.717, 1.165) is 6.42 Å². The molecule has 1 heterocycles. The van der Waals surface area contributed by atoms with E-state index in [9.17, 15) is 19.7 Å². The first-order chi connectivity index (χ1) is 13.5. The SMILES string of the molecule is O=C(/C=C/c1cccc([N+](=O)[O-])c1)N1CCN(C(=O)CCC2CCCC2)CC1. The molecule has 0 aromatic heterocycles. The first-order valence-corrected chi connectivity index (χ1v) is 10.0. The number of hydrogen-bond donors (Lipinski definition) is 0. The lowest BCUT2D eigenvalue weighted by Crippen LogP contribution is -2.50. The lowest BCUT2D eigenvalue weighted by atomic mass is 10.0. The number of rotatable bonds is 6. The molecule has 3 rings (SSSR count). The van der Waals surface area contributed by atoms with E-state index >= 15 is 0 Å². The Kier molecular flexibility index (Phi) is 6.79. The Morgan fingerprint density at radius 2 is 1.79 bits per heavy atom. The lowest BCUT2D eigenvalue weighted by molar-refractivity contribution is -0.384. The third-order valence-electron chi connectivity index (χ3n) is 5.68. The topological polar surface area (TPSA) is 83.8 Å². The van der Waals surface area contributed by atoms with E-state index in [1.807, 2.05) is 4.90 Å². The minimum atomic E-state index is -0.456. The highest BCUT2D eigenvalue weighted by molar-refractivity contribution is 5.92. The highest BCUT2D eigenvalue weighted by Crippen LogP contribution is 2.28. The average Bonchev–Trinajstić information content (AvgIpc) is 3.24. The molecule has 0 N–H and O–H groups in total. The van der Waals surface area contributed by atoms with E-state index in [0.29, 0.717) is 44.1 Å². The zero-order valence-corrected chi connectivity index (χ0v) is 16.1. The van der Waals surface area contributed by atoms with Crippen LogP contribution in [0.4, 0.5) is 5.69 Å². The van der Waals surface area contributed by atoms with Crippen molar-refractivity contribution in [2.45, 2.75) is 38.5 Å². The van der Waals surface area contributed by atoms with Crippen LogP contribution in [-0.2, 0) is 9.59 Å². The summed E-state index contributed by atoms with van der Waals surface area (Å²) in [5.41, 5.74) is 0.614. The Morgan fingerprint density at radius 3 is 2.46 bits per heavy atom. The number of benzene rings is 1. The van der Waals surface area contributed by atoms with Gasteiger partial charge in [0.15, 0.2) is 0 Å². The molecule has 1 aliphatic carbocycles. The average molecular weight is 385 g/mol. The summed E-state index contributed by atoms with van der Waals surface area (Å²) in [7, 11) is 0. The molecule has 0 unspecified atom stereocenters. The van der Waals surface area contributed by atoms with Crippen LogP contribution >= 0.6 is 0 Å². The summed E-state index contributed by atoms with van der Waals surface area (Å²) < 4.78 is 0. The molecule has 0 spiro atoms. The minimum Gasteiger partial charge on any atom is -0.339 e. The van der Waals surface area contributed by atoms with E-state index in [4.69, 9.17) is 0 Å². The fourth-order valence-corrected chi connectivity index (χ4v) is 3.98. The van der Waals surface area contributed by atoms with Crippen molar-refractivity contribution < 1.29 is 14.5 Å². The van der Waals surface area contributed by atoms with Crippen LogP contribution in [-0.4, -0.2) is 52.7 Å². The number of piperazine rings is 1. The van der Waals surface area contributed by atoms with Crippen LogP contribution in [0.25, 0.3) is 6.08 Å². The Morgan fingerprint density at radius 1 is 1.11 bits per heavy atom. The van der Waals surface area contributed by atoms with Gasteiger partial charge in [0.2, 0.25) is 11.8 Å². The second-order valence-corrected chi connectivity index (χ2v) is 7.58. The van der Waals surface area contributed by atoms with Crippen LogP contribution in [0, 0.1) is 16.0 Å². The Labute approximate surface area is 165 Å². The molecule has 7 nitrogen and oxygen atoms in total.